The second-order valence-electron chi connectivity index (χ2n) is 6.35. The van der Waals surface area contributed by atoms with Gasteiger partial charge in [0.15, 0.2) is 0 Å². The zero-order valence-electron chi connectivity index (χ0n) is 15.2. The van der Waals surface area contributed by atoms with E-state index in [1.54, 1.807) is 0 Å². The van der Waals surface area contributed by atoms with Gasteiger partial charge < -0.3 is 9.73 Å². The molecule has 0 bridgehead atoms. The molecule has 4 rings (SSSR count). The quantitative estimate of drug-likeness (QED) is 0.496. The predicted octanol–water partition coefficient (Wildman–Crippen LogP) is 5.50. The summed E-state index contributed by atoms with van der Waals surface area (Å²) in [6.45, 7) is 2.15. The standard InChI is InChI=1S/C23H21N3O/c1-2-17-10-9-15-20(16-17)24-21(18-11-5-3-6-12-18)23-26-25-22(27-23)19-13-7-4-8-14-19/h3-16,21,24H,2H2,1H3. The molecule has 0 radical (unpaired) electrons. The fourth-order valence-electron chi connectivity index (χ4n) is 3.03. The molecular formula is C23H21N3O. The van der Waals surface area contributed by atoms with Crippen LogP contribution in [-0.4, -0.2) is 10.2 Å². The van der Waals surface area contributed by atoms with Gasteiger partial charge >= 0.3 is 0 Å². The molecule has 1 unspecified atom stereocenters. The lowest BCUT2D eigenvalue weighted by Gasteiger charge is -2.17. The van der Waals surface area contributed by atoms with E-state index in [9.17, 15) is 0 Å². The van der Waals surface area contributed by atoms with Crippen molar-refractivity contribution in [3.8, 4) is 11.5 Å². The second kappa shape index (κ2) is 7.87. The van der Waals surface area contributed by atoms with Crippen LogP contribution in [0.2, 0.25) is 0 Å². The predicted molar refractivity (Wildman–Crippen MR) is 107 cm³/mol. The molecule has 0 aliphatic heterocycles. The maximum absolute atomic E-state index is 6.03. The Kier molecular flexibility index (Phi) is 4.97. The van der Waals surface area contributed by atoms with Crippen molar-refractivity contribution in [1.29, 1.82) is 0 Å². The minimum absolute atomic E-state index is 0.219. The lowest BCUT2D eigenvalue weighted by molar-refractivity contribution is 0.494. The minimum Gasteiger partial charge on any atom is -0.418 e. The molecule has 4 aromatic rings. The van der Waals surface area contributed by atoms with E-state index < -0.39 is 0 Å². The van der Waals surface area contributed by atoms with E-state index >= 15 is 0 Å². The molecule has 1 aromatic heterocycles. The Hall–Kier alpha value is -3.40. The van der Waals surface area contributed by atoms with Gasteiger partial charge in [0.2, 0.25) is 11.8 Å². The summed E-state index contributed by atoms with van der Waals surface area (Å²) >= 11 is 0. The third kappa shape index (κ3) is 3.90. The molecular weight excluding hydrogens is 334 g/mol. The summed E-state index contributed by atoms with van der Waals surface area (Å²) < 4.78 is 6.03. The third-order valence-electron chi connectivity index (χ3n) is 4.49. The van der Waals surface area contributed by atoms with Gasteiger partial charge in [-0.15, -0.1) is 10.2 Å². The van der Waals surface area contributed by atoms with Crippen LogP contribution in [0.4, 0.5) is 5.69 Å². The van der Waals surface area contributed by atoms with Crippen molar-refractivity contribution in [3.05, 3.63) is 102 Å². The normalized spacial score (nSPS) is 11.9. The summed E-state index contributed by atoms with van der Waals surface area (Å²) in [7, 11) is 0. The fourth-order valence-corrected chi connectivity index (χ4v) is 3.03. The van der Waals surface area contributed by atoms with Gasteiger partial charge in [0.05, 0.1) is 0 Å². The smallest absolute Gasteiger partial charge is 0.247 e. The largest absolute Gasteiger partial charge is 0.418 e. The van der Waals surface area contributed by atoms with E-state index in [0.717, 1.165) is 23.2 Å². The average molecular weight is 355 g/mol. The highest BCUT2D eigenvalue weighted by atomic mass is 16.4. The first-order valence-corrected chi connectivity index (χ1v) is 9.12. The summed E-state index contributed by atoms with van der Waals surface area (Å²) in [4.78, 5) is 0. The Bertz CT molecular complexity index is 996. The number of anilines is 1. The molecule has 0 fully saturated rings. The lowest BCUT2D eigenvalue weighted by atomic mass is 10.1. The van der Waals surface area contributed by atoms with E-state index in [1.807, 2.05) is 48.5 Å². The van der Waals surface area contributed by atoms with Crippen LogP contribution in [0.3, 0.4) is 0 Å². The molecule has 0 saturated heterocycles. The first kappa shape index (κ1) is 17.0. The summed E-state index contributed by atoms with van der Waals surface area (Å²) in [5.41, 5.74) is 4.30. The molecule has 1 atom stereocenters. The molecule has 27 heavy (non-hydrogen) atoms. The van der Waals surface area contributed by atoms with Crippen molar-refractivity contribution < 1.29 is 4.42 Å². The third-order valence-corrected chi connectivity index (χ3v) is 4.49. The molecule has 4 nitrogen and oxygen atoms in total. The number of hydrogen-bond acceptors (Lipinski definition) is 4. The van der Waals surface area contributed by atoms with Crippen molar-refractivity contribution in [1.82, 2.24) is 10.2 Å². The number of aromatic nitrogens is 2. The molecule has 134 valence electrons. The lowest BCUT2D eigenvalue weighted by Crippen LogP contribution is -2.13. The highest BCUT2D eigenvalue weighted by Gasteiger charge is 2.21. The van der Waals surface area contributed by atoms with Crippen LogP contribution in [0.5, 0.6) is 0 Å². The molecule has 1 heterocycles. The highest BCUT2D eigenvalue weighted by molar-refractivity contribution is 5.53. The van der Waals surface area contributed by atoms with Crippen molar-refractivity contribution in [2.45, 2.75) is 19.4 Å². The Morgan fingerprint density at radius 3 is 2.33 bits per heavy atom. The zero-order valence-corrected chi connectivity index (χ0v) is 15.2. The minimum atomic E-state index is -0.219. The number of nitrogens with one attached hydrogen (secondary N) is 1. The van der Waals surface area contributed by atoms with Crippen molar-refractivity contribution in [2.75, 3.05) is 5.32 Å². The van der Waals surface area contributed by atoms with E-state index in [2.05, 4.69) is 58.8 Å². The molecule has 0 saturated carbocycles. The van der Waals surface area contributed by atoms with Gasteiger partial charge in [-0.1, -0.05) is 67.6 Å². The van der Waals surface area contributed by atoms with E-state index in [4.69, 9.17) is 4.42 Å². The monoisotopic (exact) mass is 355 g/mol. The zero-order chi connectivity index (χ0) is 18.5. The van der Waals surface area contributed by atoms with E-state index in [0.29, 0.717) is 11.8 Å². The molecule has 0 aliphatic carbocycles. The summed E-state index contributed by atoms with van der Waals surface area (Å²) in [5, 5.41) is 12.1. The maximum atomic E-state index is 6.03. The van der Waals surface area contributed by atoms with Gasteiger partial charge in [-0.05, 0) is 41.8 Å². The van der Waals surface area contributed by atoms with Crippen LogP contribution >= 0.6 is 0 Å². The Morgan fingerprint density at radius 2 is 1.59 bits per heavy atom. The highest BCUT2D eigenvalue weighted by Crippen LogP contribution is 2.28. The number of hydrogen-bond donors (Lipinski definition) is 1. The topological polar surface area (TPSA) is 51.0 Å². The van der Waals surface area contributed by atoms with Gasteiger partial charge in [-0.25, -0.2) is 0 Å². The van der Waals surface area contributed by atoms with Gasteiger partial charge in [-0.3, -0.25) is 0 Å². The number of benzene rings is 3. The second-order valence-corrected chi connectivity index (χ2v) is 6.35. The number of aryl methyl sites for hydroxylation is 1. The van der Waals surface area contributed by atoms with Crippen LogP contribution < -0.4 is 5.32 Å². The first-order valence-electron chi connectivity index (χ1n) is 9.12. The molecule has 1 N–H and O–H groups in total. The van der Waals surface area contributed by atoms with Crippen molar-refractivity contribution in [2.24, 2.45) is 0 Å². The average Bonchev–Trinajstić information content (AvgIpc) is 3.23. The van der Waals surface area contributed by atoms with Gasteiger partial charge in [0.25, 0.3) is 0 Å². The van der Waals surface area contributed by atoms with E-state index in [1.165, 1.54) is 5.56 Å². The fraction of sp³-hybridized carbons (Fsp3) is 0.130. The summed E-state index contributed by atoms with van der Waals surface area (Å²) in [6, 6.07) is 28.2. The van der Waals surface area contributed by atoms with Crippen LogP contribution in [0.1, 0.15) is 30.0 Å². The SMILES string of the molecule is CCc1cccc(NC(c2ccccc2)c2nnc(-c3ccccc3)o2)c1. The van der Waals surface area contributed by atoms with Crippen LogP contribution in [0.25, 0.3) is 11.5 Å². The first-order chi connectivity index (χ1) is 13.3. The van der Waals surface area contributed by atoms with Crippen LogP contribution in [0.15, 0.2) is 89.3 Å². The van der Waals surface area contributed by atoms with Crippen LogP contribution in [-0.2, 0) is 6.42 Å². The Morgan fingerprint density at radius 1 is 0.852 bits per heavy atom. The molecule has 0 spiro atoms. The molecule has 3 aromatic carbocycles. The molecule has 4 heteroatoms. The maximum Gasteiger partial charge on any atom is 0.247 e. The van der Waals surface area contributed by atoms with Gasteiger partial charge in [-0.2, -0.15) is 0 Å². The van der Waals surface area contributed by atoms with Gasteiger partial charge in [0, 0.05) is 11.3 Å². The van der Waals surface area contributed by atoms with Crippen LogP contribution in [0, 0.1) is 0 Å². The summed E-state index contributed by atoms with van der Waals surface area (Å²) in [6.07, 6.45) is 0.990. The molecule has 0 amide bonds. The number of nitrogens with zero attached hydrogens (tertiary/aromatic N) is 2. The Balaban J connectivity index is 1.69. The number of rotatable bonds is 6. The van der Waals surface area contributed by atoms with Crippen molar-refractivity contribution in [3.63, 3.8) is 0 Å². The van der Waals surface area contributed by atoms with Crippen molar-refractivity contribution >= 4 is 5.69 Å². The Labute approximate surface area is 158 Å². The molecule has 0 aliphatic rings. The summed E-state index contributed by atoms with van der Waals surface area (Å²) in [5.74, 6) is 1.07. The van der Waals surface area contributed by atoms with Gasteiger partial charge in [0.1, 0.15) is 6.04 Å². The van der Waals surface area contributed by atoms with E-state index in [-0.39, 0.29) is 6.04 Å².